The van der Waals surface area contributed by atoms with E-state index in [1.807, 2.05) is 35.7 Å². The van der Waals surface area contributed by atoms with E-state index in [1.54, 1.807) is 23.2 Å². The third-order valence-corrected chi connectivity index (χ3v) is 5.20. The summed E-state index contributed by atoms with van der Waals surface area (Å²) in [6.07, 6.45) is 10.3. The minimum Gasteiger partial charge on any atom is -0.327 e. The van der Waals surface area contributed by atoms with E-state index in [0.29, 0.717) is 5.13 Å². The maximum absolute atomic E-state index is 12.8. The standard InChI is InChI=1S/C20H23N3O2S/c24-18(22-20-21-13-14-26-20)15-23(17-9-5-2-6-10-17)19(25)12-11-16-7-3-1-4-8-16/h1,3-4,7-8,11-14,17H,2,5-6,9-10,15H2,(H,21,22,24)/b12-11+. The quantitative estimate of drug-likeness (QED) is 0.784. The van der Waals surface area contributed by atoms with Gasteiger partial charge in [-0.05, 0) is 24.5 Å². The fraction of sp³-hybridized carbons (Fsp3) is 0.350. The van der Waals surface area contributed by atoms with Crippen LogP contribution in [-0.2, 0) is 9.59 Å². The number of nitrogens with one attached hydrogen (secondary N) is 1. The van der Waals surface area contributed by atoms with Crippen LogP contribution in [0.5, 0.6) is 0 Å². The molecule has 0 radical (unpaired) electrons. The normalized spacial score (nSPS) is 15.1. The van der Waals surface area contributed by atoms with Gasteiger partial charge in [-0.2, -0.15) is 0 Å². The van der Waals surface area contributed by atoms with Crippen LogP contribution >= 0.6 is 11.3 Å². The Kier molecular flexibility index (Phi) is 6.55. The predicted molar refractivity (Wildman–Crippen MR) is 105 cm³/mol. The Labute approximate surface area is 157 Å². The van der Waals surface area contributed by atoms with Gasteiger partial charge in [-0.1, -0.05) is 49.6 Å². The van der Waals surface area contributed by atoms with Crippen LogP contribution in [-0.4, -0.2) is 34.3 Å². The van der Waals surface area contributed by atoms with E-state index in [1.165, 1.54) is 17.8 Å². The summed E-state index contributed by atoms with van der Waals surface area (Å²) < 4.78 is 0. The van der Waals surface area contributed by atoms with E-state index in [2.05, 4.69) is 10.3 Å². The van der Waals surface area contributed by atoms with Crippen molar-refractivity contribution in [3.8, 4) is 0 Å². The van der Waals surface area contributed by atoms with E-state index in [-0.39, 0.29) is 24.4 Å². The highest BCUT2D eigenvalue weighted by atomic mass is 32.1. The lowest BCUT2D eigenvalue weighted by Crippen LogP contribution is -2.45. The molecule has 1 saturated carbocycles. The van der Waals surface area contributed by atoms with Crippen LogP contribution in [0.15, 0.2) is 48.0 Å². The summed E-state index contributed by atoms with van der Waals surface area (Å²) in [5, 5.41) is 5.14. The second-order valence-corrected chi connectivity index (χ2v) is 7.28. The number of anilines is 1. The maximum atomic E-state index is 12.8. The monoisotopic (exact) mass is 369 g/mol. The van der Waals surface area contributed by atoms with Gasteiger partial charge in [0.1, 0.15) is 6.54 Å². The van der Waals surface area contributed by atoms with Crippen LogP contribution in [0.4, 0.5) is 5.13 Å². The van der Waals surface area contributed by atoms with Gasteiger partial charge < -0.3 is 10.2 Å². The molecule has 1 aliphatic carbocycles. The average Bonchev–Trinajstić information content (AvgIpc) is 3.18. The van der Waals surface area contributed by atoms with E-state index in [0.717, 1.165) is 31.2 Å². The van der Waals surface area contributed by atoms with Crippen molar-refractivity contribution in [2.24, 2.45) is 0 Å². The number of aromatic nitrogens is 1. The molecule has 26 heavy (non-hydrogen) atoms. The third-order valence-electron chi connectivity index (χ3n) is 4.51. The van der Waals surface area contributed by atoms with Gasteiger partial charge in [0.2, 0.25) is 11.8 Å². The molecular formula is C20H23N3O2S. The maximum Gasteiger partial charge on any atom is 0.247 e. The van der Waals surface area contributed by atoms with E-state index in [4.69, 9.17) is 0 Å². The van der Waals surface area contributed by atoms with Crippen molar-refractivity contribution in [3.63, 3.8) is 0 Å². The van der Waals surface area contributed by atoms with Crippen LogP contribution in [0.2, 0.25) is 0 Å². The van der Waals surface area contributed by atoms with E-state index >= 15 is 0 Å². The Hall–Kier alpha value is -2.47. The van der Waals surface area contributed by atoms with Crippen molar-refractivity contribution >= 4 is 34.4 Å². The number of hydrogen-bond donors (Lipinski definition) is 1. The second kappa shape index (κ2) is 9.29. The second-order valence-electron chi connectivity index (χ2n) is 6.39. The summed E-state index contributed by atoms with van der Waals surface area (Å²) in [4.78, 5) is 31.0. The lowest BCUT2D eigenvalue weighted by atomic mass is 9.94. The van der Waals surface area contributed by atoms with Gasteiger partial charge in [0.25, 0.3) is 0 Å². The average molecular weight is 369 g/mol. The molecule has 0 unspecified atom stereocenters. The molecule has 1 heterocycles. The molecule has 1 aromatic carbocycles. The number of carbonyl (C=O) groups is 2. The topological polar surface area (TPSA) is 62.3 Å². The third kappa shape index (κ3) is 5.26. The summed E-state index contributed by atoms with van der Waals surface area (Å²) in [7, 11) is 0. The van der Waals surface area contributed by atoms with Gasteiger partial charge in [-0.25, -0.2) is 4.98 Å². The Morgan fingerprint density at radius 1 is 1.19 bits per heavy atom. The van der Waals surface area contributed by atoms with Crippen molar-refractivity contribution in [3.05, 3.63) is 53.5 Å². The van der Waals surface area contributed by atoms with E-state index in [9.17, 15) is 9.59 Å². The summed E-state index contributed by atoms with van der Waals surface area (Å²) in [6.45, 7) is 0.0577. The Bertz CT molecular complexity index is 738. The largest absolute Gasteiger partial charge is 0.327 e. The SMILES string of the molecule is O=C(CN(C(=O)/C=C/c1ccccc1)C1CCCCC1)Nc1nccs1. The Morgan fingerprint density at radius 3 is 2.65 bits per heavy atom. The molecule has 0 atom stereocenters. The van der Waals surface area contributed by atoms with Crippen LogP contribution < -0.4 is 5.32 Å². The molecule has 1 N–H and O–H groups in total. The fourth-order valence-electron chi connectivity index (χ4n) is 3.21. The first-order chi connectivity index (χ1) is 12.7. The molecule has 0 spiro atoms. The predicted octanol–water partition coefficient (Wildman–Crippen LogP) is 3.96. The molecule has 6 heteroatoms. The van der Waals surface area contributed by atoms with Crippen LogP contribution in [0.3, 0.4) is 0 Å². The lowest BCUT2D eigenvalue weighted by Gasteiger charge is -2.33. The molecule has 1 aromatic heterocycles. The van der Waals surface area contributed by atoms with Gasteiger partial charge in [-0.15, -0.1) is 11.3 Å². The molecule has 5 nitrogen and oxygen atoms in total. The van der Waals surface area contributed by atoms with Crippen LogP contribution in [0, 0.1) is 0 Å². The highest BCUT2D eigenvalue weighted by Gasteiger charge is 2.26. The number of carbonyl (C=O) groups excluding carboxylic acids is 2. The van der Waals surface area contributed by atoms with Gasteiger partial charge in [0.05, 0.1) is 0 Å². The zero-order chi connectivity index (χ0) is 18.2. The highest BCUT2D eigenvalue weighted by Crippen LogP contribution is 2.23. The summed E-state index contributed by atoms with van der Waals surface area (Å²) in [6, 6.07) is 9.83. The zero-order valence-electron chi connectivity index (χ0n) is 14.6. The zero-order valence-corrected chi connectivity index (χ0v) is 15.5. The minimum absolute atomic E-state index is 0.0577. The summed E-state index contributed by atoms with van der Waals surface area (Å²) in [5.41, 5.74) is 0.969. The number of thiazole rings is 1. The Morgan fingerprint density at radius 2 is 1.96 bits per heavy atom. The molecule has 2 amide bonds. The highest BCUT2D eigenvalue weighted by molar-refractivity contribution is 7.13. The number of nitrogens with zero attached hydrogens (tertiary/aromatic N) is 2. The number of amides is 2. The van der Waals surface area contributed by atoms with Gasteiger partial charge in [-0.3, -0.25) is 9.59 Å². The first-order valence-corrected chi connectivity index (χ1v) is 9.83. The van der Waals surface area contributed by atoms with Crippen molar-refractivity contribution in [2.75, 3.05) is 11.9 Å². The van der Waals surface area contributed by atoms with Crippen molar-refractivity contribution in [2.45, 2.75) is 38.1 Å². The smallest absolute Gasteiger partial charge is 0.247 e. The van der Waals surface area contributed by atoms with Crippen LogP contribution in [0.1, 0.15) is 37.7 Å². The minimum atomic E-state index is -0.202. The molecule has 3 rings (SSSR count). The summed E-state index contributed by atoms with van der Waals surface area (Å²) >= 11 is 1.37. The molecule has 0 saturated heterocycles. The molecule has 136 valence electrons. The molecule has 0 aliphatic heterocycles. The molecule has 1 aliphatic rings. The molecule has 2 aromatic rings. The number of rotatable bonds is 6. The fourth-order valence-corrected chi connectivity index (χ4v) is 3.75. The van der Waals surface area contributed by atoms with Gasteiger partial charge >= 0.3 is 0 Å². The van der Waals surface area contributed by atoms with Crippen LogP contribution in [0.25, 0.3) is 6.08 Å². The molecule has 0 bridgehead atoms. The number of hydrogen-bond acceptors (Lipinski definition) is 4. The van der Waals surface area contributed by atoms with Gasteiger partial charge in [0.15, 0.2) is 5.13 Å². The molecular weight excluding hydrogens is 346 g/mol. The summed E-state index contributed by atoms with van der Waals surface area (Å²) in [5.74, 6) is -0.318. The van der Waals surface area contributed by atoms with Crippen molar-refractivity contribution in [1.29, 1.82) is 0 Å². The Balaban J connectivity index is 1.68. The van der Waals surface area contributed by atoms with Crippen molar-refractivity contribution < 1.29 is 9.59 Å². The van der Waals surface area contributed by atoms with E-state index < -0.39 is 0 Å². The first kappa shape index (κ1) is 18.3. The van der Waals surface area contributed by atoms with Crippen molar-refractivity contribution in [1.82, 2.24) is 9.88 Å². The molecule has 1 fully saturated rings. The lowest BCUT2D eigenvalue weighted by molar-refractivity contribution is -0.133. The number of benzene rings is 1. The van der Waals surface area contributed by atoms with Gasteiger partial charge in [0, 0.05) is 23.7 Å². The first-order valence-electron chi connectivity index (χ1n) is 8.95.